The van der Waals surface area contributed by atoms with Gasteiger partial charge in [0.05, 0.1) is 27.2 Å². The van der Waals surface area contributed by atoms with Gasteiger partial charge in [-0.1, -0.05) is 23.7 Å². The number of amidine groups is 2. The molecule has 2 aliphatic heterocycles. The Morgan fingerprint density at radius 3 is 2.73 bits per heavy atom. The lowest BCUT2D eigenvalue weighted by molar-refractivity contribution is -0.114. The molecule has 0 radical (unpaired) electrons. The number of methoxy groups -OCH3 is 1. The van der Waals surface area contributed by atoms with Crippen LogP contribution in [0.1, 0.15) is 12.5 Å². The second-order valence-corrected chi connectivity index (χ2v) is 9.22. The molecule has 0 aromatic heterocycles. The molecule has 8 nitrogen and oxygen atoms in total. The van der Waals surface area contributed by atoms with Gasteiger partial charge in [0.1, 0.15) is 19.0 Å². The first-order valence-corrected chi connectivity index (χ1v) is 11.7. The van der Waals surface area contributed by atoms with E-state index in [0.717, 1.165) is 5.04 Å². The summed E-state index contributed by atoms with van der Waals surface area (Å²) in [7, 11) is 1.52. The van der Waals surface area contributed by atoms with Crippen LogP contribution in [0.15, 0.2) is 56.5 Å². The maximum atomic E-state index is 12.5. The molecule has 0 fully saturated rings. The van der Waals surface area contributed by atoms with Gasteiger partial charge in [0, 0.05) is 0 Å². The fraction of sp³-hybridized carbons (Fsp3) is 0.182. The predicted octanol–water partition coefficient (Wildman–Crippen LogP) is 5.21. The third kappa shape index (κ3) is 5.07. The summed E-state index contributed by atoms with van der Waals surface area (Å²) in [4.78, 5) is 16.5. The molecule has 0 bridgehead atoms. The number of thioether (sulfide) groups is 1. The lowest BCUT2D eigenvalue weighted by Crippen LogP contribution is -2.35. The zero-order valence-corrected chi connectivity index (χ0v) is 20.8. The minimum atomic E-state index is -0.490. The Morgan fingerprint density at radius 2 is 1.97 bits per heavy atom. The van der Waals surface area contributed by atoms with Crippen LogP contribution >= 0.6 is 39.3 Å². The van der Waals surface area contributed by atoms with Crippen molar-refractivity contribution < 1.29 is 19.0 Å². The van der Waals surface area contributed by atoms with Gasteiger partial charge < -0.3 is 14.2 Å². The van der Waals surface area contributed by atoms with Gasteiger partial charge in [0.25, 0.3) is 5.91 Å². The van der Waals surface area contributed by atoms with Gasteiger partial charge in [-0.15, -0.1) is 0 Å². The number of nitrogens with one attached hydrogen (secondary N) is 1. The van der Waals surface area contributed by atoms with Crippen molar-refractivity contribution in [1.82, 2.24) is 5.01 Å². The van der Waals surface area contributed by atoms with Crippen LogP contribution < -0.4 is 14.2 Å². The SMILES string of the molecule is COc1cc(/C=C2/C(=N)N3N=C(C)SC3=NC2=O)cc(Br)c1OCCOc1ccccc1Cl. The van der Waals surface area contributed by atoms with Crippen molar-refractivity contribution in [3.8, 4) is 17.2 Å². The number of para-hydroxylation sites is 1. The second kappa shape index (κ2) is 9.98. The molecular weight excluding hydrogens is 532 g/mol. The van der Waals surface area contributed by atoms with E-state index < -0.39 is 5.91 Å². The number of aliphatic imine (C=N–C) groups is 1. The number of hydrazone groups is 1. The van der Waals surface area contributed by atoms with Crippen molar-refractivity contribution in [2.45, 2.75) is 6.92 Å². The Balaban J connectivity index is 1.50. The van der Waals surface area contributed by atoms with Crippen LogP contribution in [0, 0.1) is 5.41 Å². The molecule has 0 atom stereocenters. The number of benzene rings is 2. The van der Waals surface area contributed by atoms with E-state index in [2.05, 4.69) is 26.0 Å². The number of hydrogen-bond acceptors (Lipinski definition) is 7. The van der Waals surface area contributed by atoms with Gasteiger partial charge in [-0.25, -0.2) is 0 Å². The molecule has 2 aromatic carbocycles. The van der Waals surface area contributed by atoms with E-state index >= 15 is 0 Å². The van der Waals surface area contributed by atoms with Crippen molar-refractivity contribution in [3.63, 3.8) is 0 Å². The largest absolute Gasteiger partial charge is 0.493 e. The van der Waals surface area contributed by atoms with Crippen LogP contribution in [0.25, 0.3) is 6.08 Å². The lowest BCUT2D eigenvalue weighted by Gasteiger charge is -2.20. The first-order chi connectivity index (χ1) is 15.9. The van der Waals surface area contributed by atoms with E-state index in [-0.39, 0.29) is 24.6 Å². The topological polar surface area (TPSA) is 96.6 Å². The number of nitrogens with zero attached hydrogens (tertiary/aromatic N) is 3. The zero-order valence-electron chi connectivity index (χ0n) is 17.6. The number of carbonyl (C=O) groups is 1. The van der Waals surface area contributed by atoms with E-state index in [9.17, 15) is 4.79 Å². The van der Waals surface area contributed by atoms with E-state index in [1.165, 1.54) is 23.9 Å². The van der Waals surface area contributed by atoms with E-state index in [1.54, 1.807) is 37.3 Å². The summed E-state index contributed by atoms with van der Waals surface area (Å²) >= 11 is 10.8. The van der Waals surface area contributed by atoms with E-state index in [4.69, 9.17) is 31.2 Å². The Hall–Kier alpha value is -2.82. The van der Waals surface area contributed by atoms with Crippen molar-refractivity contribution in [3.05, 3.63) is 57.0 Å². The third-order valence-corrected chi connectivity index (χ3v) is 6.27. The highest BCUT2D eigenvalue weighted by molar-refractivity contribution is 9.10. The Labute approximate surface area is 207 Å². The van der Waals surface area contributed by atoms with E-state index in [0.29, 0.717) is 37.5 Å². The number of ether oxygens (including phenoxy) is 3. The standard InChI is InChI=1S/C22H18BrClN4O4S/c1-12-27-28-20(25)14(21(29)26-22(28)33-12)9-13-10-15(23)19(18(11-13)30-2)32-8-7-31-17-6-4-3-5-16(17)24/h3-6,9-11,25H,7-8H2,1-2H3/b14-9-,25-20?. The minimum absolute atomic E-state index is 0.0264. The summed E-state index contributed by atoms with van der Waals surface area (Å²) in [5.74, 6) is 1.01. The average molecular weight is 550 g/mol. The van der Waals surface area contributed by atoms with Gasteiger partial charge in [-0.2, -0.15) is 15.1 Å². The van der Waals surface area contributed by atoms with Gasteiger partial charge in [0.15, 0.2) is 17.3 Å². The minimum Gasteiger partial charge on any atom is -0.493 e. The number of halogens is 2. The number of carbonyl (C=O) groups excluding carboxylic acids is 1. The summed E-state index contributed by atoms with van der Waals surface area (Å²) in [5, 5.41) is 15.6. The highest BCUT2D eigenvalue weighted by Crippen LogP contribution is 2.38. The molecule has 0 saturated heterocycles. The number of hydrogen-bond donors (Lipinski definition) is 1. The monoisotopic (exact) mass is 548 g/mol. The lowest BCUT2D eigenvalue weighted by atomic mass is 10.1. The van der Waals surface area contributed by atoms with Gasteiger partial charge in [-0.3, -0.25) is 10.2 Å². The zero-order chi connectivity index (χ0) is 23.5. The number of fused-ring (bicyclic) bond motifs is 1. The summed E-state index contributed by atoms with van der Waals surface area (Å²) < 4.78 is 17.6. The molecule has 2 aromatic rings. The van der Waals surface area contributed by atoms with Crippen LogP contribution in [-0.2, 0) is 4.79 Å². The Morgan fingerprint density at radius 1 is 1.21 bits per heavy atom. The normalized spacial score (nSPS) is 16.5. The molecule has 2 aliphatic rings. The average Bonchev–Trinajstić information content (AvgIpc) is 3.16. The molecule has 0 unspecified atom stereocenters. The van der Waals surface area contributed by atoms with E-state index in [1.807, 2.05) is 12.1 Å². The summed E-state index contributed by atoms with van der Waals surface area (Å²) in [5.41, 5.74) is 0.770. The highest BCUT2D eigenvalue weighted by atomic mass is 79.9. The molecule has 0 saturated carbocycles. The number of amides is 1. The molecule has 33 heavy (non-hydrogen) atoms. The van der Waals surface area contributed by atoms with Crippen molar-refractivity contribution in [2.75, 3.05) is 20.3 Å². The summed E-state index contributed by atoms with van der Waals surface area (Å²) in [6.45, 7) is 2.34. The molecular formula is C22H18BrClN4O4S. The second-order valence-electron chi connectivity index (χ2n) is 6.80. The van der Waals surface area contributed by atoms with Crippen LogP contribution in [0.5, 0.6) is 17.2 Å². The molecule has 1 N–H and O–H groups in total. The highest BCUT2D eigenvalue weighted by Gasteiger charge is 2.34. The molecule has 170 valence electrons. The smallest absolute Gasteiger partial charge is 0.283 e. The van der Waals surface area contributed by atoms with Gasteiger partial charge in [-0.05, 0) is 70.5 Å². The Bertz CT molecular complexity index is 1230. The van der Waals surface area contributed by atoms with Crippen molar-refractivity contribution in [2.24, 2.45) is 10.1 Å². The molecule has 4 rings (SSSR count). The summed E-state index contributed by atoms with van der Waals surface area (Å²) in [6, 6.07) is 10.7. The van der Waals surface area contributed by atoms with Crippen LogP contribution in [0.4, 0.5) is 0 Å². The molecule has 1 amide bonds. The molecule has 2 heterocycles. The molecule has 0 spiro atoms. The number of rotatable bonds is 7. The third-order valence-electron chi connectivity index (χ3n) is 4.54. The van der Waals surface area contributed by atoms with Crippen molar-refractivity contribution in [1.29, 1.82) is 5.41 Å². The van der Waals surface area contributed by atoms with Crippen molar-refractivity contribution >= 4 is 67.3 Å². The summed E-state index contributed by atoms with van der Waals surface area (Å²) in [6.07, 6.45) is 1.58. The quantitative estimate of drug-likeness (QED) is 0.376. The van der Waals surface area contributed by atoms with Crippen LogP contribution in [0.2, 0.25) is 5.02 Å². The van der Waals surface area contributed by atoms with Gasteiger partial charge in [0.2, 0.25) is 5.17 Å². The van der Waals surface area contributed by atoms with Crippen LogP contribution in [-0.4, -0.2) is 47.3 Å². The Kier molecular flexibility index (Phi) is 7.06. The predicted molar refractivity (Wildman–Crippen MR) is 134 cm³/mol. The van der Waals surface area contributed by atoms with Gasteiger partial charge >= 0.3 is 0 Å². The fourth-order valence-electron chi connectivity index (χ4n) is 3.07. The first kappa shape index (κ1) is 23.3. The maximum absolute atomic E-state index is 12.5. The van der Waals surface area contributed by atoms with Crippen LogP contribution in [0.3, 0.4) is 0 Å². The maximum Gasteiger partial charge on any atom is 0.283 e. The molecule has 0 aliphatic carbocycles. The fourth-order valence-corrected chi connectivity index (χ4v) is 4.57. The first-order valence-electron chi connectivity index (χ1n) is 9.72. The molecule has 11 heteroatoms.